The van der Waals surface area contributed by atoms with E-state index < -0.39 is 0 Å². The zero-order chi connectivity index (χ0) is 18.5. The maximum absolute atomic E-state index is 12.7. The summed E-state index contributed by atoms with van der Waals surface area (Å²) in [5, 5.41) is 3.37. The highest BCUT2D eigenvalue weighted by atomic mass is 35.5. The second-order valence-corrected chi connectivity index (χ2v) is 6.18. The lowest BCUT2D eigenvalue weighted by Gasteiger charge is -2.17. The van der Waals surface area contributed by atoms with E-state index in [0.717, 1.165) is 5.69 Å². The quantitative estimate of drug-likeness (QED) is 0.718. The van der Waals surface area contributed by atoms with Crippen LogP contribution < -0.4 is 10.2 Å². The molecule has 5 heteroatoms. The average molecular weight is 365 g/mol. The van der Waals surface area contributed by atoms with Crippen LogP contribution in [0.4, 0.5) is 11.4 Å². The third kappa shape index (κ3) is 4.10. The number of rotatable bonds is 4. The van der Waals surface area contributed by atoms with Crippen LogP contribution in [0.1, 0.15) is 20.7 Å². The van der Waals surface area contributed by atoms with Gasteiger partial charge in [0.05, 0.1) is 0 Å². The van der Waals surface area contributed by atoms with Crippen LogP contribution in [0.25, 0.3) is 0 Å². The predicted molar refractivity (Wildman–Crippen MR) is 105 cm³/mol. The summed E-state index contributed by atoms with van der Waals surface area (Å²) in [6.07, 6.45) is 0. The minimum atomic E-state index is -0.261. The highest BCUT2D eigenvalue weighted by Gasteiger charge is 2.14. The van der Waals surface area contributed by atoms with E-state index in [2.05, 4.69) is 5.32 Å². The van der Waals surface area contributed by atoms with Crippen molar-refractivity contribution in [3.05, 3.63) is 95.0 Å². The summed E-state index contributed by atoms with van der Waals surface area (Å²) in [5.41, 5.74) is 2.34. The van der Waals surface area contributed by atoms with Gasteiger partial charge >= 0.3 is 0 Å². The summed E-state index contributed by atoms with van der Waals surface area (Å²) in [6.45, 7) is 0. The standard InChI is InChI=1S/C21H17ClN2O2/c1-24(19-8-3-2-4-9-19)21(26)16-6-5-7-18(14-16)23-20(25)15-10-12-17(22)13-11-15/h2-14H,1H3,(H,23,25). The number of carbonyl (C=O) groups excluding carboxylic acids is 2. The molecule has 0 bridgehead atoms. The van der Waals surface area contributed by atoms with Gasteiger partial charge in [-0.15, -0.1) is 0 Å². The summed E-state index contributed by atoms with van der Waals surface area (Å²) in [7, 11) is 1.72. The van der Waals surface area contributed by atoms with Crippen LogP contribution in [0.15, 0.2) is 78.9 Å². The number of nitrogens with one attached hydrogen (secondary N) is 1. The third-order valence-electron chi connectivity index (χ3n) is 3.92. The first-order valence-corrected chi connectivity index (χ1v) is 8.42. The van der Waals surface area contributed by atoms with Gasteiger partial charge in [0.1, 0.15) is 0 Å². The van der Waals surface area contributed by atoms with Crippen LogP contribution >= 0.6 is 11.6 Å². The summed E-state index contributed by atoms with van der Waals surface area (Å²) in [6, 6.07) is 22.9. The molecule has 0 aliphatic rings. The number of nitrogens with zero attached hydrogens (tertiary/aromatic N) is 1. The lowest BCUT2D eigenvalue weighted by atomic mass is 10.1. The van der Waals surface area contributed by atoms with Gasteiger partial charge in [-0.25, -0.2) is 0 Å². The molecule has 0 saturated heterocycles. The van der Waals surface area contributed by atoms with E-state index in [0.29, 0.717) is 21.8 Å². The SMILES string of the molecule is CN(C(=O)c1cccc(NC(=O)c2ccc(Cl)cc2)c1)c1ccccc1. The van der Waals surface area contributed by atoms with E-state index in [-0.39, 0.29) is 11.8 Å². The Bertz CT molecular complexity index is 924. The van der Waals surface area contributed by atoms with Crippen molar-refractivity contribution in [3.63, 3.8) is 0 Å². The van der Waals surface area contributed by atoms with Crippen LogP contribution in [0.2, 0.25) is 5.02 Å². The Kier molecular flexibility index (Phi) is 5.34. The van der Waals surface area contributed by atoms with Crippen molar-refractivity contribution in [3.8, 4) is 0 Å². The van der Waals surface area contributed by atoms with Gasteiger partial charge in [0.2, 0.25) is 0 Å². The number of para-hydroxylation sites is 1. The number of amides is 2. The largest absolute Gasteiger partial charge is 0.322 e. The van der Waals surface area contributed by atoms with Crippen molar-refractivity contribution in [2.75, 3.05) is 17.3 Å². The van der Waals surface area contributed by atoms with Gasteiger partial charge in [0, 0.05) is 34.6 Å². The van der Waals surface area contributed by atoms with Crippen LogP contribution in [0.5, 0.6) is 0 Å². The number of benzene rings is 3. The molecular weight excluding hydrogens is 348 g/mol. The molecule has 26 heavy (non-hydrogen) atoms. The fourth-order valence-electron chi connectivity index (χ4n) is 2.50. The topological polar surface area (TPSA) is 49.4 Å². The zero-order valence-electron chi connectivity index (χ0n) is 14.1. The maximum Gasteiger partial charge on any atom is 0.258 e. The van der Waals surface area contributed by atoms with E-state index in [4.69, 9.17) is 11.6 Å². The Balaban J connectivity index is 1.76. The van der Waals surface area contributed by atoms with Gasteiger partial charge in [-0.2, -0.15) is 0 Å². The molecule has 0 atom stereocenters. The molecule has 0 radical (unpaired) electrons. The van der Waals surface area contributed by atoms with Crippen LogP contribution in [0.3, 0.4) is 0 Å². The molecule has 0 saturated carbocycles. The van der Waals surface area contributed by atoms with Gasteiger partial charge in [0.15, 0.2) is 0 Å². The first-order chi connectivity index (χ1) is 12.5. The molecular formula is C21H17ClN2O2. The molecule has 0 spiro atoms. The first kappa shape index (κ1) is 17.7. The smallest absolute Gasteiger partial charge is 0.258 e. The minimum absolute atomic E-state index is 0.154. The summed E-state index contributed by atoms with van der Waals surface area (Å²) >= 11 is 5.84. The van der Waals surface area contributed by atoms with Crippen molar-refractivity contribution in [1.29, 1.82) is 0 Å². The summed E-state index contributed by atoms with van der Waals surface area (Å²) < 4.78 is 0. The Morgan fingerprint density at radius 1 is 0.846 bits per heavy atom. The molecule has 0 aromatic heterocycles. The van der Waals surface area contributed by atoms with Crippen molar-refractivity contribution in [2.45, 2.75) is 0 Å². The molecule has 130 valence electrons. The normalized spacial score (nSPS) is 10.2. The molecule has 0 unspecified atom stereocenters. The molecule has 1 N–H and O–H groups in total. The van der Waals surface area contributed by atoms with Crippen molar-refractivity contribution >= 4 is 34.8 Å². The molecule has 0 fully saturated rings. The van der Waals surface area contributed by atoms with Gasteiger partial charge < -0.3 is 10.2 Å². The highest BCUT2D eigenvalue weighted by molar-refractivity contribution is 6.30. The van der Waals surface area contributed by atoms with Gasteiger partial charge in [-0.1, -0.05) is 35.9 Å². The molecule has 4 nitrogen and oxygen atoms in total. The lowest BCUT2D eigenvalue weighted by Crippen LogP contribution is -2.26. The Hall–Kier alpha value is -3.11. The predicted octanol–water partition coefficient (Wildman–Crippen LogP) is 4.87. The lowest BCUT2D eigenvalue weighted by molar-refractivity contribution is 0.0990. The van der Waals surface area contributed by atoms with Gasteiger partial charge in [-0.05, 0) is 54.6 Å². The van der Waals surface area contributed by atoms with Crippen molar-refractivity contribution in [1.82, 2.24) is 0 Å². The first-order valence-electron chi connectivity index (χ1n) is 8.05. The van der Waals surface area contributed by atoms with Gasteiger partial charge in [0.25, 0.3) is 11.8 Å². The molecule has 0 aliphatic carbocycles. The Morgan fingerprint density at radius 3 is 2.23 bits per heavy atom. The van der Waals surface area contributed by atoms with E-state index >= 15 is 0 Å². The van der Waals surface area contributed by atoms with Crippen LogP contribution in [0, 0.1) is 0 Å². The summed E-state index contributed by atoms with van der Waals surface area (Å²) in [4.78, 5) is 26.6. The number of carbonyl (C=O) groups is 2. The fraction of sp³-hybridized carbons (Fsp3) is 0.0476. The molecule has 3 aromatic rings. The average Bonchev–Trinajstić information content (AvgIpc) is 2.68. The Labute approximate surface area is 157 Å². The molecule has 0 heterocycles. The number of hydrogen-bond acceptors (Lipinski definition) is 2. The number of hydrogen-bond donors (Lipinski definition) is 1. The van der Waals surface area contributed by atoms with Crippen molar-refractivity contribution < 1.29 is 9.59 Å². The monoisotopic (exact) mass is 364 g/mol. The summed E-state index contributed by atoms with van der Waals surface area (Å²) in [5.74, 6) is -0.415. The van der Waals surface area contributed by atoms with Gasteiger partial charge in [-0.3, -0.25) is 9.59 Å². The molecule has 3 aromatic carbocycles. The number of anilines is 2. The zero-order valence-corrected chi connectivity index (χ0v) is 14.9. The second-order valence-electron chi connectivity index (χ2n) is 5.74. The van der Waals surface area contributed by atoms with Crippen molar-refractivity contribution in [2.24, 2.45) is 0 Å². The van der Waals surface area contributed by atoms with E-state index in [1.165, 1.54) is 0 Å². The van der Waals surface area contributed by atoms with E-state index in [9.17, 15) is 9.59 Å². The molecule has 2 amide bonds. The van der Waals surface area contributed by atoms with E-state index in [1.54, 1.807) is 60.5 Å². The van der Waals surface area contributed by atoms with E-state index in [1.807, 2.05) is 30.3 Å². The Morgan fingerprint density at radius 2 is 1.54 bits per heavy atom. The molecule has 3 rings (SSSR count). The minimum Gasteiger partial charge on any atom is -0.322 e. The van der Waals surface area contributed by atoms with Crippen LogP contribution in [-0.2, 0) is 0 Å². The third-order valence-corrected chi connectivity index (χ3v) is 4.17. The number of halogens is 1. The van der Waals surface area contributed by atoms with Crippen LogP contribution in [-0.4, -0.2) is 18.9 Å². The maximum atomic E-state index is 12.7. The second kappa shape index (κ2) is 7.85. The molecule has 0 aliphatic heterocycles. The fourth-order valence-corrected chi connectivity index (χ4v) is 2.62. The highest BCUT2D eigenvalue weighted by Crippen LogP contribution is 2.18.